The number of fused-ring (bicyclic) bond motifs is 6. The summed E-state index contributed by atoms with van der Waals surface area (Å²) in [4.78, 5) is 4.74. The van der Waals surface area contributed by atoms with Crippen LogP contribution in [-0.4, -0.2) is 0 Å². The Morgan fingerprint density at radius 1 is 0.358 bits per heavy atom. The maximum atomic E-state index is 2.40. The fourth-order valence-electron chi connectivity index (χ4n) is 7.56. The minimum absolute atomic E-state index is 0.867. The maximum absolute atomic E-state index is 2.40. The molecule has 0 N–H and O–H groups in total. The average molecular weight is 715 g/mol. The predicted octanol–water partition coefficient (Wildman–Crippen LogP) is 15.1. The van der Waals surface area contributed by atoms with Crippen molar-refractivity contribution in [1.29, 1.82) is 0 Å². The molecule has 0 amide bonds. The summed E-state index contributed by atoms with van der Waals surface area (Å²) in [6.07, 6.45) is 11.7. The fourth-order valence-corrected chi connectivity index (χ4v) is 9.69. The highest BCUT2D eigenvalue weighted by atomic mass is 32.1. The van der Waals surface area contributed by atoms with Crippen LogP contribution in [0, 0.1) is 0 Å². The molecule has 1 aliphatic rings. The van der Waals surface area contributed by atoms with Crippen molar-refractivity contribution in [2.45, 2.75) is 6.42 Å². The molecule has 0 fully saturated rings. The van der Waals surface area contributed by atoms with Crippen LogP contribution < -0.4 is 9.80 Å². The molecule has 0 atom stereocenters. The van der Waals surface area contributed by atoms with Gasteiger partial charge in [-0.3, -0.25) is 0 Å². The first-order chi connectivity index (χ1) is 26.3. The number of anilines is 5. The molecule has 2 heterocycles. The molecule has 7 aromatic carbocycles. The Kier molecular flexibility index (Phi) is 7.98. The van der Waals surface area contributed by atoms with Crippen molar-refractivity contribution in [1.82, 2.24) is 0 Å². The van der Waals surface area contributed by atoms with Gasteiger partial charge in [0.25, 0.3) is 0 Å². The molecular formula is C49H34N2S2. The van der Waals surface area contributed by atoms with Gasteiger partial charge in [0.15, 0.2) is 0 Å². The van der Waals surface area contributed by atoms with Crippen molar-refractivity contribution in [2.24, 2.45) is 0 Å². The Balaban J connectivity index is 1.08. The van der Waals surface area contributed by atoms with Gasteiger partial charge in [-0.15, -0.1) is 22.7 Å². The minimum atomic E-state index is 0.867. The number of thiophene rings is 2. The van der Waals surface area contributed by atoms with Crippen molar-refractivity contribution in [3.05, 3.63) is 200 Å². The Bertz CT molecular complexity index is 2820. The van der Waals surface area contributed by atoms with Gasteiger partial charge < -0.3 is 9.80 Å². The van der Waals surface area contributed by atoms with Gasteiger partial charge in [0.1, 0.15) is 0 Å². The average Bonchev–Trinajstić information content (AvgIpc) is 3.64. The van der Waals surface area contributed by atoms with Crippen LogP contribution in [0.3, 0.4) is 0 Å². The van der Waals surface area contributed by atoms with Crippen LogP contribution in [0.5, 0.6) is 0 Å². The Labute approximate surface area is 317 Å². The summed E-state index contributed by atoms with van der Waals surface area (Å²) >= 11 is 3.73. The molecule has 252 valence electrons. The van der Waals surface area contributed by atoms with Gasteiger partial charge in [0.05, 0.1) is 0 Å². The van der Waals surface area contributed by atoms with Gasteiger partial charge >= 0.3 is 0 Å². The summed E-state index contributed by atoms with van der Waals surface area (Å²) in [5.74, 6) is 0. The highest BCUT2D eigenvalue weighted by molar-refractivity contribution is 7.26. The molecule has 0 unspecified atom stereocenters. The quantitative estimate of drug-likeness (QED) is 0.162. The molecule has 0 spiro atoms. The van der Waals surface area contributed by atoms with E-state index in [1.165, 1.54) is 62.9 Å². The summed E-state index contributed by atoms with van der Waals surface area (Å²) in [5.41, 5.74) is 9.48. The number of rotatable bonds is 7. The Hall–Kier alpha value is -6.20. The molecule has 0 aliphatic heterocycles. The van der Waals surface area contributed by atoms with E-state index in [1.54, 1.807) is 0 Å². The lowest BCUT2D eigenvalue weighted by Gasteiger charge is -2.27. The van der Waals surface area contributed by atoms with E-state index in [-0.39, 0.29) is 0 Å². The van der Waals surface area contributed by atoms with Crippen LogP contribution in [0.2, 0.25) is 0 Å². The Morgan fingerprint density at radius 3 is 1.30 bits per heavy atom. The van der Waals surface area contributed by atoms with Gasteiger partial charge in [-0.05, 0) is 114 Å². The SMILES string of the molecule is C1=CC=C(N(c2ccccc2)c2ccc3sc4ccc(-c5ccc6sc7ccc(N(c8ccccc8)c8ccccc8)cc7c6c5)cc4c3c2)CC=C1. The van der Waals surface area contributed by atoms with E-state index < -0.39 is 0 Å². The van der Waals surface area contributed by atoms with Crippen LogP contribution in [0.4, 0.5) is 28.4 Å². The van der Waals surface area contributed by atoms with Crippen molar-refractivity contribution in [2.75, 3.05) is 9.80 Å². The molecular weight excluding hydrogens is 681 g/mol. The molecule has 1 aliphatic carbocycles. The summed E-state index contributed by atoms with van der Waals surface area (Å²) in [6.45, 7) is 0. The topological polar surface area (TPSA) is 6.48 Å². The zero-order chi connectivity index (χ0) is 35.1. The van der Waals surface area contributed by atoms with E-state index in [4.69, 9.17) is 0 Å². The molecule has 2 nitrogen and oxygen atoms in total. The molecule has 2 aromatic heterocycles. The van der Waals surface area contributed by atoms with Crippen molar-refractivity contribution in [3.63, 3.8) is 0 Å². The molecule has 0 bridgehead atoms. The van der Waals surface area contributed by atoms with E-state index in [0.717, 1.165) is 29.2 Å². The van der Waals surface area contributed by atoms with Crippen LogP contribution in [0.15, 0.2) is 200 Å². The lowest BCUT2D eigenvalue weighted by Crippen LogP contribution is -2.15. The third kappa shape index (κ3) is 5.83. The second-order valence-electron chi connectivity index (χ2n) is 13.3. The highest BCUT2D eigenvalue weighted by Crippen LogP contribution is 2.44. The molecule has 0 saturated heterocycles. The first kappa shape index (κ1) is 31.5. The van der Waals surface area contributed by atoms with Gasteiger partial charge in [-0.25, -0.2) is 0 Å². The smallest absolute Gasteiger partial charge is 0.0468 e. The maximum Gasteiger partial charge on any atom is 0.0468 e. The third-order valence-electron chi connectivity index (χ3n) is 10.1. The lowest BCUT2D eigenvalue weighted by molar-refractivity contribution is 1.08. The first-order valence-electron chi connectivity index (χ1n) is 18.0. The number of nitrogens with zero attached hydrogens (tertiary/aromatic N) is 2. The first-order valence-corrected chi connectivity index (χ1v) is 19.6. The standard InChI is InChI=1S/C49H34N2S2/c1-2-7-15-36(14-6-1)50(37-16-8-3-9-17-37)40-24-28-48-44(32-40)42-30-34(22-26-46(42)52-48)35-23-27-47-43(31-35)45-33-41(25-29-49(45)53-47)51(38-18-10-4-11-19-38)39-20-12-5-13-21-39/h1-14,16-33H,15H2. The molecule has 53 heavy (non-hydrogen) atoms. The number of hydrogen-bond acceptors (Lipinski definition) is 4. The zero-order valence-electron chi connectivity index (χ0n) is 28.9. The van der Waals surface area contributed by atoms with Crippen LogP contribution >= 0.6 is 22.7 Å². The van der Waals surface area contributed by atoms with E-state index in [2.05, 4.69) is 204 Å². The predicted molar refractivity (Wildman–Crippen MR) is 232 cm³/mol. The van der Waals surface area contributed by atoms with E-state index in [9.17, 15) is 0 Å². The summed E-state index contributed by atoms with van der Waals surface area (Å²) < 4.78 is 5.21. The summed E-state index contributed by atoms with van der Waals surface area (Å²) in [6, 6.07) is 59.8. The van der Waals surface area contributed by atoms with Gasteiger partial charge in [-0.1, -0.05) is 91.0 Å². The molecule has 10 rings (SSSR count). The van der Waals surface area contributed by atoms with E-state index in [0.29, 0.717) is 0 Å². The normalized spacial score (nSPS) is 12.8. The highest BCUT2D eigenvalue weighted by Gasteiger charge is 2.18. The largest absolute Gasteiger partial charge is 0.314 e. The number of para-hydroxylation sites is 3. The van der Waals surface area contributed by atoms with Gasteiger partial charge in [0.2, 0.25) is 0 Å². The number of hydrogen-bond donors (Lipinski definition) is 0. The van der Waals surface area contributed by atoms with E-state index >= 15 is 0 Å². The summed E-state index contributed by atoms with van der Waals surface area (Å²) in [7, 11) is 0. The second kappa shape index (κ2) is 13.4. The van der Waals surface area contributed by atoms with E-state index in [1.807, 2.05) is 22.7 Å². The molecule has 9 aromatic rings. The van der Waals surface area contributed by atoms with Crippen LogP contribution in [0.25, 0.3) is 51.5 Å². The molecule has 0 radical (unpaired) electrons. The van der Waals surface area contributed by atoms with Crippen molar-refractivity contribution in [3.8, 4) is 11.1 Å². The zero-order valence-corrected chi connectivity index (χ0v) is 30.5. The monoisotopic (exact) mass is 714 g/mol. The van der Waals surface area contributed by atoms with Crippen molar-refractivity contribution < 1.29 is 0 Å². The minimum Gasteiger partial charge on any atom is -0.314 e. The van der Waals surface area contributed by atoms with Crippen LogP contribution in [-0.2, 0) is 0 Å². The van der Waals surface area contributed by atoms with Crippen molar-refractivity contribution >= 4 is 91.5 Å². The Morgan fingerprint density at radius 2 is 0.792 bits per heavy atom. The third-order valence-corrected chi connectivity index (χ3v) is 12.4. The lowest BCUT2D eigenvalue weighted by atomic mass is 10.0. The van der Waals surface area contributed by atoms with Gasteiger partial charge in [-0.2, -0.15) is 0 Å². The summed E-state index contributed by atoms with van der Waals surface area (Å²) in [5, 5.41) is 5.16. The van der Waals surface area contributed by atoms with Gasteiger partial charge in [0, 0.05) is 80.9 Å². The molecule has 4 heteroatoms. The second-order valence-corrected chi connectivity index (χ2v) is 15.5. The van der Waals surface area contributed by atoms with Crippen LogP contribution in [0.1, 0.15) is 6.42 Å². The fraction of sp³-hybridized carbons (Fsp3) is 0.0204. The number of allylic oxidation sites excluding steroid dienone is 5. The molecule has 0 saturated carbocycles. The number of benzene rings is 7.